The van der Waals surface area contributed by atoms with E-state index < -0.39 is 10.0 Å². The summed E-state index contributed by atoms with van der Waals surface area (Å²) in [5.74, 6) is 0.604. The number of nitrogens with one attached hydrogen (secondary N) is 1. The summed E-state index contributed by atoms with van der Waals surface area (Å²) in [5, 5.41) is 12.0. The van der Waals surface area contributed by atoms with Gasteiger partial charge >= 0.3 is 0 Å². The smallest absolute Gasteiger partial charge is 0.242 e. The first-order valence-corrected chi connectivity index (χ1v) is 9.22. The molecule has 0 aliphatic rings. The zero-order chi connectivity index (χ0) is 18.1. The van der Waals surface area contributed by atoms with Crippen LogP contribution in [0.5, 0.6) is 0 Å². The molecule has 26 heavy (non-hydrogen) atoms. The van der Waals surface area contributed by atoms with E-state index in [0.29, 0.717) is 28.1 Å². The molecular formula is C15H13N5O5S. The van der Waals surface area contributed by atoms with E-state index in [1.54, 1.807) is 37.3 Å². The first-order chi connectivity index (χ1) is 12.5. The molecule has 0 aliphatic carbocycles. The predicted octanol–water partition coefficient (Wildman–Crippen LogP) is 1.79. The molecule has 0 fully saturated rings. The van der Waals surface area contributed by atoms with Crippen LogP contribution in [0.2, 0.25) is 0 Å². The van der Waals surface area contributed by atoms with Crippen LogP contribution < -0.4 is 4.72 Å². The lowest BCUT2D eigenvalue weighted by atomic mass is 10.2. The Morgan fingerprint density at radius 3 is 2.73 bits per heavy atom. The van der Waals surface area contributed by atoms with Crippen molar-refractivity contribution in [2.45, 2.75) is 19.2 Å². The highest BCUT2D eigenvalue weighted by Crippen LogP contribution is 2.19. The minimum atomic E-state index is -3.68. The Morgan fingerprint density at radius 2 is 1.92 bits per heavy atom. The Hall–Kier alpha value is -3.05. The Kier molecular flexibility index (Phi) is 4.01. The molecule has 0 saturated carbocycles. The average Bonchev–Trinajstić information content (AvgIpc) is 3.33. The van der Waals surface area contributed by atoms with Crippen LogP contribution in [0, 0.1) is 6.92 Å². The zero-order valence-corrected chi connectivity index (χ0v) is 14.4. The van der Waals surface area contributed by atoms with Crippen LogP contribution in [0.15, 0.2) is 43.9 Å². The fourth-order valence-electron chi connectivity index (χ4n) is 2.35. The molecule has 0 atom stereocenters. The van der Waals surface area contributed by atoms with Crippen molar-refractivity contribution in [1.29, 1.82) is 0 Å². The maximum atomic E-state index is 12.3. The number of rotatable bonds is 6. The van der Waals surface area contributed by atoms with Crippen LogP contribution in [0.4, 0.5) is 0 Å². The van der Waals surface area contributed by atoms with Gasteiger partial charge in [-0.2, -0.15) is 4.98 Å². The van der Waals surface area contributed by atoms with Crippen LogP contribution >= 0.6 is 0 Å². The number of sulfonamides is 1. The fraction of sp³-hybridized carbons (Fsp3) is 0.200. The number of aryl methyl sites for hydroxylation is 1. The second-order valence-electron chi connectivity index (χ2n) is 5.54. The van der Waals surface area contributed by atoms with Gasteiger partial charge in [0.2, 0.25) is 21.7 Å². The largest absolute Gasteiger partial charge is 0.361 e. The molecule has 4 rings (SSSR count). The third-order valence-electron chi connectivity index (χ3n) is 3.55. The van der Waals surface area contributed by atoms with Crippen LogP contribution in [0.25, 0.3) is 22.5 Å². The molecule has 0 aliphatic heterocycles. The Bertz CT molecular complexity index is 1160. The van der Waals surface area contributed by atoms with E-state index in [0.717, 1.165) is 0 Å². The number of benzene rings is 1. The topological polar surface area (TPSA) is 137 Å². The minimum Gasteiger partial charge on any atom is -0.361 e. The summed E-state index contributed by atoms with van der Waals surface area (Å²) in [4.78, 5) is 4.08. The average molecular weight is 375 g/mol. The summed E-state index contributed by atoms with van der Waals surface area (Å²) < 4.78 is 42.0. The molecule has 10 nitrogen and oxygen atoms in total. The van der Waals surface area contributed by atoms with E-state index in [2.05, 4.69) is 25.2 Å². The Labute approximate surface area is 147 Å². The van der Waals surface area contributed by atoms with Gasteiger partial charge in [0.05, 0.1) is 6.54 Å². The standard InChI is InChI=1S/C15H13N5O5S/c1-9-6-11(18-23-9)15-17-14(25-20-15)7-16-26(21,22)8-12-10-4-2-3-5-13(10)24-19-12/h2-6,16H,7-8H2,1H3. The second kappa shape index (κ2) is 6.35. The molecule has 11 heteroatoms. The lowest BCUT2D eigenvalue weighted by Crippen LogP contribution is -2.25. The highest BCUT2D eigenvalue weighted by molar-refractivity contribution is 7.88. The van der Waals surface area contributed by atoms with Crippen LogP contribution in [-0.2, 0) is 22.3 Å². The van der Waals surface area contributed by atoms with E-state index >= 15 is 0 Å². The summed E-state index contributed by atoms with van der Waals surface area (Å²) in [6, 6.07) is 8.69. The third kappa shape index (κ3) is 3.34. The molecule has 4 aromatic rings. The van der Waals surface area contributed by atoms with Gasteiger partial charge in [-0.05, 0) is 19.1 Å². The van der Waals surface area contributed by atoms with Crippen molar-refractivity contribution in [3.05, 3.63) is 47.7 Å². The van der Waals surface area contributed by atoms with Crippen LogP contribution in [0.3, 0.4) is 0 Å². The molecule has 1 aromatic carbocycles. The SMILES string of the molecule is Cc1cc(-c2noc(CNS(=O)(=O)Cc3noc4ccccc34)n2)no1. The molecule has 0 spiro atoms. The molecule has 0 bridgehead atoms. The fourth-order valence-corrected chi connectivity index (χ4v) is 3.36. The van der Waals surface area contributed by atoms with E-state index in [9.17, 15) is 8.42 Å². The second-order valence-corrected chi connectivity index (χ2v) is 7.35. The minimum absolute atomic E-state index is 0.106. The number of hydrogen-bond donors (Lipinski definition) is 1. The molecule has 0 radical (unpaired) electrons. The van der Waals surface area contributed by atoms with Crippen molar-refractivity contribution in [2.75, 3.05) is 0 Å². The number of fused-ring (bicyclic) bond motifs is 1. The molecule has 0 unspecified atom stereocenters. The molecule has 3 heterocycles. The number of nitrogens with zero attached hydrogens (tertiary/aromatic N) is 4. The van der Waals surface area contributed by atoms with Gasteiger partial charge in [-0.1, -0.05) is 27.6 Å². The molecule has 0 amide bonds. The summed E-state index contributed by atoms with van der Waals surface area (Å²) >= 11 is 0. The van der Waals surface area contributed by atoms with Gasteiger partial charge in [0.1, 0.15) is 17.2 Å². The Balaban J connectivity index is 1.44. The van der Waals surface area contributed by atoms with E-state index in [4.69, 9.17) is 13.6 Å². The summed E-state index contributed by atoms with van der Waals surface area (Å²) in [7, 11) is -3.68. The van der Waals surface area contributed by atoms with Crippen molar-refractivity contribution in [2.24, 2.45) is 0 Å². The Morgan fingerprint density at radius 1 is 1.08 bits per heavy atom. The van der Waals surface area contributed by atoms with Crippen molar-refractivity contribution in [1.82, 2.24) is 25.2 Å². The third-order valence-corrected chi connectivity index (χ3v) is 4.78. The van der Waals surface area contributed by atoms with Crippen molar-refractivity contribution < 1.29 is 22.0 Å². The summed E-state index contributed by atoms with van der Waals surface area (Å²) in [5.41, 5.74) is 1.27. The van der Waals surface area contributed by atoms with Crippen LogP contribution in [-0.4, -0.2) is 28.9 Å². The summed E-state index contributed by atoms with van der Waals surface area (Å²) in [6.45, 7) is 1.58. The van der Waals surface area contributed by atoms with E-state index in [-0.39, 0.29) is 24.0 Å². The maximum absolute atomic E-state index is 12.3. The zero-order valence-electron chi connectivity index (χ0n) is 13.5. The monoisotopic (exact) mass is 375 g/mol. The van der Waals surface area contributed by atoms with Gasteiger partial charge < -0.3 is 13.6 Å². The van der Waals surface area contributed by atoms with Crippen molar-refractivity contribution in [3.8, 4) is 11.5 Å². The molecule has 134 valence electrons. The highest BCUT2D eigenvalue weighted by Gasteiger charge is 2.19. The molecule has 0 saturated heterocycles. The lowest BCUT2D eigenvalue weighted by Gasteiger charge is -2.02. The number of hydrogen-bond acceptors (Lipinski definition) is 9. The van der Waals surface area contributed by atoms with Gasteiger partial charge in [0.25, 0.3) is 0 Å². The predicted molar refractivity (Wildman–Crippen MR) is 88.0 cm³/mol. The van der Waals surface area contributed by atoms with Crippen molar-refractivity contribution >= 4 is 21.0 Å². The van der Waals surface area contributed by atoms with Gasteiger partial charge in [-0.25, -0.2) is 13.1 Å². The van der Waals surface area contributed by atoms with Gasteiger partial charge in [0, 0.05) is 11.5 Å². The maximum Gasteiger partial charge on any atom is 0.242 e. The number of para-hydroxylation sites is 1. The number of aromatic nitrogens is 4. The summed E-state index contributed by atoms with van der Waals surface area (Å²) in [6.07, 6.45) is 0. The molecule has 1 N–H and O–H groups in total. The highest BCUT2D eigenvalue weighted by atomic mass is 32.2. The van der Waals surface area contributed by atoms with Gasteiger partial charge in [0.15, 0.2) is 11.3 Å². The van der Waals surface area contributed by atoms with E-state index in [1.165, 1.54) is 0 Å². The molecule has 3 aromatic heterocycles. The van der Waals surface area contributed by atoms with Crippen LogP contribution in [0.1, 0.15) is 17.3 Å². The quantitative estimate of drug-likeness (QED) is 0.534. The normalized spacial score (nSPS) is 12.0. The first-order valence-electron chi connectivity index (χ1n) is 7.57. The van der Waals surface area contributed by atoms with E-state index in [1.807, 2.05) is 0 Å². The first kappa shape index (κ1) is 16.4. The lowest BCUT2D eigenvalue weighted by molar-refractivity contribution is 0.374. The van der Waals surface area contributed by atoms with Crippen molar-refractivity contribution in [3.63, 3.8) is 0 Å². The van der Waals surface area contributed by atoms with Gasteiger partial charge in [-0.15, -0.1) is 0 Å². The van der Waals surface area contributed by atoms with Gasteiger partial charge in [-0.3, -0.25) is 0 Å². The molecular weight excluding hydrogens is 362 g/mol.